The largest absolute Gasteiger partial charge is 0.378 e. The van der Waals surface area contributed by atoms with E-state index in [1.54, 1.807) is 18.6 Å². The normalized spacial score (nSPS) is 10.2. The second-order valence-electron chi connectivity index (χ2n) is 3.35. The fourth-order valence-corrected chi connectivity index (χ4v) is 1.84. The zero-order valence-electron chi connectivity index (χ0n) is 8.68. The predicted molar refractivity (Wildman–Crippen MR) is 66.7 cm³/mol. The zero-order chi connectivity index (χ0) is 12.3. The minimum atomic E-state index is -0.427. The van der Waals surface area contributed by atoms with Crippen LogP contribution in [0.3, 0.4) is 0 Å². The summed E-state index contributed by atoms with van der Waals surface area (Å²) < 4.78 is 0.659. The maximum Gasteiger partial charge on any atom is 0.270 e. The number of nitro benzene ring substituents is 1. The van der Waals surface area contributed by atoms with Gasteiger partial charge in [0.1, 0.15) is 0 Å². The van der Waals surface area contributed by atoms with Gasteiger partial charge in [-0.3, -0.25) is 10.1 Å². The lowest BCUT2D eigenvalue weighted by Crippen LogP contribution is -2.00. The fourth-order valence-electron chi connectivity index (χ4n) is 1.33. The zero-order valence-corrected chi connectivity index (χ0v) is 10.3. The molecule has 0 amide bonds. The summed E-state index contributed by atoms with van der Waals surface area (Å²) in [6, 6.07) is 4.59. The summed E-state index contributed by atoms with van der Waals surface area (Å²) in [5.74, 6) is 0. The number of non-ortho nitro benzene ring substituents is 1. The molecule has 0 unspecified atom stereocenters. The smallest absolute Gasteiger partial charge is 0.270 e. The van der Waals surface area contributed by atoms with E-state index in [4.69, 9.17) is 0 Å². The van der Waals surface area contributed by atoms with Gasteiger partial charge in [0.05, 0.1) is 23.5 Å². The molecule has 0 atom stereocenters. The summed E-state index contributed by atoms with van der Waals surface area (Å²) in [4.78, 5) is 17.0. The highest BCUT2D eigenvalue weighted by Gasteiger charge is 2.08. The number of nitro groups is 1. The Kier molecular flexibility index (Phi) is 3.38. The Morgan fingerprint density at radius 2 is 2.35 bits per heavy atom. The predicted octanol–water partition coefficient (Wildman–Crippen LogP) is 2.69. The Morgan fingerprint density at radius 1 is 1.53 bits per heavy atom. The monoisotopic (exact) mass is 296 g/mol. The van der Waals surface area contributed by atoms with Crippen LogP contribution < -0.4 is 5.32 Å². The quantitative estimate of drug-likeness (QED) is 0.671. The van der Waals surface area contributed by atoms with E-state index < -0.39 is 4.92 Å². The highest BCUT2D eigenvalue weighted by atomic mass is 79.9. The molecule has 2 rings (SSSR count). The summed E-state index contributed by atoms with van der Waals surface area (Å²) in [6.45, 7) is 0.580. The third kappa shape index (κ3) is 2.82. The number of H-pyrrole nitrogens is 1. The van der Waals surface area contributed by atoms with Gasteiger partial charge >= 0.3 is 0 Å². The fraction of sp³-hybridized carbons (Fsp3) is 0.100. The van der Waals surface area contributed by atoms with Gasteiger partial charge in [-0.1, -0.05) is 0 Å². The molecule has 0 aliphatic rings. The van der Waals surface area contributed by atoms with Gasteiger partial charge < -0.3 is 10.3 Å². The van der Waals surface area contributed by atoms with Crippen LogP contribution in [-0.2, 0) is 6.54 Å². The molecular formula is C10H9BrN4O2. The van der Waals surface area contributed by atoms with E-state index >= 15 is 0 Å². The first-order valence-corrected chi connectivity index (χ1v) is 5.61. The molecule has 2 aromatic rings. The number of imidazole rings is 1. The number of aromatic amines is 1. The summed E-state index contributed by atoms with van der Waals surface area (Å²) in [7, 11) is 0. The van der Waals surface area contributed by atoms with Crippen LogP contribution in [0.5, 0.6) is 0 Å². The van der Waals surface area contributed by atoms with E-state index in [1.165, 1.54) is 12.1 Å². The maximum absolute atomic E-state index is 10.6. The van der Waals surface area contributed by atoms with Crippen LogP contribution in [-0.4, -0.2) is 14.9 Å². The lowest BCUT2D eigenvalue weighted by atomic mass is 10.3. The van der Waals surface area contributed by atoms with E-state index in [9.17, 15) is 10.1 Å². The van der Waals surface area contributed by atoms with Crippen molar-refractivity contribution in [3.63, 3.8) is 0 Å². The van der Waals surface area contributed by atoms with Gasteiger partial charge in [0.2, 0.25) is 0 Å². The molecule has 6 nitrogen and oxygen atoms in total. The standard InChI is InChI=1S/C10H9BrN4O2/c11-9-3-8(15(16)17)1-2-10(9)13-5-7-4-12-6-14-7/h1-4,6,13H,5H2,(H,12,14). The molecule has 0 spiro atoms. The summed E-state index contributed by atoms with van der Waals surface area (Å²) in [5, 5.41) is 13.7. The van der Waals surface area contributed by atoms with Crippen molar-refractivity contribution in [1.82, 2.24) is 9.97 Å². The number of benzene rings is 1. The van der Waals surface area contributed by atoms with Crippen LogP contribution in [0.25, 0.3) is 0 Å². The third-order valence-corrected chi connectivity index (χ3v) is 2.84. The number of nitrogens with one attached hydrogen (secondary N) is 2. The maximum atomic E-state index is 10.6. The van der Waals surface area contributed by atoms with Crippen LogP contribution >= 0.6 is 15.9 Å². The number of aromatic nitrogens is 2. The Morgan fingerprint density at radius 3 is 2.94 bits per heavy atom. The lowest BCUT2D eigenvalue weighted by Gasteiger charge is -2.06. The van der Waals surface area contributed by atoms with Crippen molar-refractivity contribution in [3.05, 3.63) is 51.0 Å². The first-order valence-electron chi connectivity index (χ1n) is 4.82. The summed E-state index contributed by atoms with van der Waals surface area (Å²) in [6.07, 6.45) is 3.31. The molecule has 0 saturated heterocycles. The topological polar surface area (TPSA) is 83.8 Å². The molecule has 1 aromatic heterocycles. The summed E-state index contributed by atoms with van der Waals surface area (Å²) >= 11 is 3.29. The molecule has 0 radical (unpaired) electrons. The van der Waals surface area contributed by atoms with Crippen molar-refractivity contribution in [2.75, 3.05) is 5.32 Å². The molecule has 88 valence electrons. The first-order chi connectivity index (χ1) is 8.16. The highest BCUT2D eigenvalue weighted by molar-refractivity contribution is 9.10. The molecule has 7 heteroatoms. The van der Waals surface area contributed by atoms with Crippen LogP contribution in [0.1, 0.15) is 5.69 Å². The number of rotatable bonds is 4. The minimum absolute atomic E-state index is 0.0592. The average molecular weight is 297 g/mol. The van der Waals surface area contributed by atoms with Gasteiger partial charge in [0.15, 0.2) is 0 Å². The molecule has 0 aliphatic heterocycles. The number of nitrogens with zero attached hydrogens (tertiary/aromatic N) is 2. The van der Waals surface area contributed by atoms with Gasteiger partial charge in [0, 0.05) is 28.5 Å². The van der Waals surface area contributed by atoms with Gasteiger partial charge in [0.25, 0.3) is 5.69 Å². The lowest BCUT2D eigenvalue weighted by molar-refractivity contribution is -0.384. The van der Waals surface area contributed by atoms with Crippen molar-refractivity contribution >= 4 is 27.3 Å². The average Bonchev–Trinajstić information content (AvgIpc) is 2.80. The number of anilines is 1. The Hall–Kier alpha value is -1.89. The number of hydrogen-bond donors (Lipinski definition) is 2. The van der Waals surface area contributed by atoms with Gasteiger partial charge in [-0.2, -0.15) is 0 Å². The van der Waals surface area contributed by atoms with E-state index in [0.29, 0.717) is 11.0 Å². The van der Waals surface area contributed by atoms with Crippen molar-refractivity contribution in [2.24, 2.45) is 0 Å². The molecule has 0 bridgehead atoms. The molecule has 2 N–H and O–H groups in total. The Bertz CT molecular complexity index is 527. The first kappa shape index (κ1) is 11.6. The SMILES string of the molecule is O=[N+]([O-])c1ccc(NCc2cnc[nH]2)c(Br)c1. The van der Waals surface area contributed by atoms with Gasteiger partial charge in [-0.15, -0.1) is 0 Å². The van der Waals surface area contributed by atoms with Crippen LogP contribution in [0.2, 0.25) is 0 Å². The minimum Gasteiger partial charge on any atom is -0.378 e. The van der Waals surface area contributed by atoms with Crippen molar-refractivity contribution in [3.8, 4) is 0 Å². The van der Waals surface area contributed by atoms with E-state index in [1.807, 2.05) is 0 Å². The highest BCUT2D eigenvalue weighted by Crippen LogP contribution is 2.27. The molecule has 0 fully saturated rings. The Balaban J connectivity index is 2.09. The van der Waals surface area contributed by atoms with Crippen LogP contribution in [0.4, 0.5) is 11.4 Å². The molecule has 17 heavy (non-hydrogen) atoms. The van der Waals surface area contributed by atoms with Gasteiger partial charge in [-0.25, -0.2) is 4.98 Å². The van der Waals surface area contributed by atoms with Crippen molar-refractivity contribution in [1.29, 1.82) is 0 Å². The number of halogens is 1. The second-order valence-corrected chi connectivity index (χ2v) is 4.21. The molecular weight excluding hydrogens is 288 g/mol. The van der Waals surface area contributed by atoms with Crippen molar-refractivity contribution in [2.45, 2.75) is 6.54 Å². The Labute approximate surface area is 105 Å². The molecule has 1 aromatic carbocycles. The van der Waals surface area contributed by atoms with Gasteiger partial charge in [-0.05, 0) is 22.0 Å². The van der Waals surface area contributed by atoms with Crippen LogP contribution in [0.15, 0.2) is 35.2 Å². The summed E-state index contributed by atoms with van der Waals surface area (Å²) in [5.41, 5.74) is 1.80. The molecule has 0 aliphatic carbocycles. The molecule has 0 saturated carbocycles. The molecule has 1 heterocycles. The van der Waals surface area contributed by atoms with Crippen LogP contribution in [0, 0.1) is 10.1 Å². The number of hydrogen-bond acceptors (Lipinski definition) is 4. The second kappa shape index (κ2) is 4.96. The van der Waals surface area contributed by atoms with Crippen molar-refractivity contribution < 1.29 is 4.92 Å². The van der Waals surface area contributed by atoms with E-state index in [-0.39, 0.29) is 5.69 Å². The van der Waals surface area contributed by atoms with E-state index in [2.05, 4.69) is 31.2 Å². The third-order valence-electron chi connectivity index (χ3n) is 2.19. The van der Waals surface area contributed by atoms with E-state index in [0.717, 1.165) is 11.4 Å².